The molecule has 1 atom stereocenters. The molecule has 0 radical (unpaired) electrons. The van der Waals surface area contributed by atoms with Gasteiger partial charge in [0.05, 0.1) is 6.42 Å². The Bertz CT molecular complexity index is 280. The predicted molar refractivity (Wildman–Crippen MR) is 56.7 cm³/mol. The third kappa shape index (κ3) is 6.63. The summed E-state index contributed by atoms with van der Waals surface area (Å²) in [5.41, 5.74) is 4.96. The van der Waals surface area contributed by atoms with Crippen molar-refractivity contribution >= 4 is 17.9 Å². The van der Waals surface area contributed by atoms with E-state index in [4.69, 9.17) is 10.8 Å². The number of primary amides is 1. The first-order valence-corrected chi connectivity index (χ1v) is 4.84. The van der Waals surface area contributed by atoms with Crippen molar-refractivity contribution in [3.8, 4) is 0 Å². The van der Waals surface area contributed by atoms with Gasteiger partial charge in [-0.3, -0.25) is 9.59 Å². The summed E-state index contributed by atoms with van der Waals surface area (Å²) in [6.45, 7) is 1.76. The van der Waals surface area contributed by atoms with E-state index in [-0.39, 0.29) is 25.4 Å². The van der Waals surface area contributed by atoms with Crippen molar-refractivity contribution in [1.82, 2.24) is 10.2 Å². The Hall–Kier alpha value is -1.79. The van der Waals surface area contributed by atoms with Gasteiger partial charge in [0.15, 0.2) is 0 Å². The van der Waals surface area contributed by atoms with Gasteiger partial charge in [-0.15, -0.1) is 0 Å². The Morgan fingerprint density at radius 2 is 2.00 bits per heavy atom. The maximum Gasteiger partial charge on any atom is 0.317 e. The summed E-state index contributed by atoms with van der Waals surface area (Å²) >= 11 is 0. The van der Waals surface area contributed by atoms with Gasteiger partial charge >= 0.3 is 12.0 Å². The fourth-order valence-electron chi connectivity index (χ4n) is 1.04. The van der Waals surface area contributed by atoms with Gasteiger partial charge < -0.3 is 21.1 Å². The summed E-state index contributed by atoms with van der Waals surface area (Å²) in [5, 5.41) is 11.0. The highest BCUT2D eigenvalue weighted by Crippen LogP contribution is 1.93. The van der Waals surface area contributed by atoms with Gasteiger partial charge in [0.2, 0.25) is 5.91 Å². The molecule has 0 saturated carbocycles. The topological polar surface area (TPSA) is 113 Å². The van der Waals surface area contributed by atoms with Crippen LogP contribution in [0.25, 0.3) is 0 Å². The largest absolute Gasteiger partial charge is 0.481 e. The number of carboxylic acids is 1. The number of aliphatic carboxylic acids is 1. The molecule has 0 fully saturated rings. The van der Waals surface area contributed by atoms with Crippen molar-refractivity contribution in [2.24, 2.45) is 5.73 Å². The van der Waals surface area contributed by atoms with E-state index < -0.39 is 17.9 Å². The van der Waals surface area contributed by atoms with Gasteiger partial charge in [0, 0.05) is 26.1 Å². The Morgan fingerprint density at radius 1 is 1.44 bits per heavy atom. The minimum atomic E-state index is -0.968. The van der Waals surface area contributed by atoms with Crippen molar-refractivity contribution in [1.29, 1.82) is 0 Å². The van der Waals surface area contributed by atoms with Crippen LogP contribution in [0, 0.1) is 0 Å². The lowest BCUT2D eigenvalue weighted by Crippen LogP contribution is -2.43. The van der Waals surface area contributed by atoms with E-state index in [9.17, 15) is 14.4 Å². The highest BCUT2D eigenvalue weighted by atomic mass is 16.4. The lowest BCUT2D eigenvalue weighted by atomic mass is 10.2. The number of hydrogen-bond acceptors (Lipinski definition) is 3. The SMILES string of the molecule is CC(CC(N)=O)NC(=O)N(C)CCC(=O)O. The molecule has 4 N–H and O–H groups in total. The molecule has 3 amide bonds. The van der Waals surface area contributed by atoms with Crippen LogP contribution >= 0.6 is 0 Å². The molecule has 0 spiro atoms. The van der Waals surface area contributed by atoms with Crippen LogP contribution in [-0.2, 0) is 9.59 Å². The monoisotopic (exact) mass is 231 g/mol. The smallest absolute Gasteiger partial charge is 0.317 e. The maximum atomic E-state index is 11.4. The summed E-state index contributed by atoms with van der Waals surface area (Å²) in [4.78, 5) is 33.5. The van der Waals surface area contributed by atoms with Gasteiger partial charge in [0.1, 0.15) is 0 Å². The van der Waals surface area contributed by atoms with E-state index in [1.54, 1.807) is 6.92 Å². The zero-order valence-electron chi connectivity index (χ0n) is 9.40. The van der Waals surface area contributed by atoms with E-state index in [1.165, 1.54) is 11.9 Å². The average molecular weight is 231 g/mol. The summed E-state index contributed by atoms with van der Waals surface area (Å²) in [6.07, 6.45) is -0.0629. The van der Waals surface area contributed by atoms with Crippen LogP contribution in [0.5, 0.6) is 0 Å². The Balaban J connectivity index is 3.95. The minimum absolute atomic E-state index is 0.0541. The lowest BCUT2D eigenvalue weighted by molar-refractivity contribution is -0.137. The number of carbonyl (C=O) groups excluding carboxylic acids is 2. The third-order valence-corrected chi connectivity index (χ3v) is 1.89. The zero-order valence-corrected chi connectivity index (χ0v) is 9.40. The predicted octanol–water partition coefficient (Wildman–Crippen LogP) is -0.634. The van der Waals surface area contributed by atoms with Gasteiger partial charge in [-0.25, -0.2) is 4.79 Å². The molecular formula is C9H17N3O4. The molecule has 1 unspecified atom stereocenters. The molecule has 0 aromatic carbocycles. The van der Waals surface area contributed by atoms with E-state index >= 15 is 0 Å². The van der Waals surface area contributed by atoms with E-state index in [0.29, 0.717) is 0 Å². The molecule has 16 heavy (non-hydrogen) atoms. The number of carbonyl (C=O) groups is 3. The molecule has 0 heterocycles. The second kappa shape index (κ2) is 6.65. The summed E-state index contributed by atoms with van der Waals surface area (Å²) in [5.74, 6) is -1.47. The molecule has 0 aliphatic carbocycles. The van der Waals surface area contributed by atoms with Crippen LogP contribution in [0.15, 0.2) is 0 Å². The molecule has 0 bridgehead atoms. The van der Waals surface area contributed by atoms with Crippen LogP contribution < -0.4 is 11.1 Å². The number of nitrogens with two attached hydrogens (primary N) is 1. The molecule has 0 aliphatic heterocycles. The molecule has 7 nitrogen and oxygen atoms in total. The zero-order chi connectivity index (χ0) is 12.7. The third-order valence-electron chi connectivity index (χ3n) is 1.89. The fraction of sp³-hybridized carbons (Fsp3) is 0.667. The Kier molecular flexibility index (Phi) is 5.91. The van der Waals surface area contributed by atoms with Gasteiger partial charge in [-0.2, -0.15) is 0 Å². The quantitative estimate of drug-likeness (QED) is 0.564. The highest BCUT2D eigenvalue weighted by Gasteiger charge is 2.13. The fourth-order valence-corrected chi connectivity index (χ4v) is 1.04. The minimum Gasteiger partial charge on any atom is -0.481 e. The van der Waals surface area contributed by atoms with Crippen LogP contribution in [0.1, 0.15) is 19.8 Å². The number of nitrogens with zero attached hydrogens (tertiary/aromatic N) is 1. The van der Waals surface area contributed by atoms with Crippen LogP contribution in [0.4, 0.5) is 4.79 Å². The van der Waals surface area contributed by atoms with Gasteiger partial charge in [0.25, 0.3) is 0 Å². The summed E-state index contributed by atoms with van der Waals surface area (Å²) in [6, 6.07) is -0.785. The van der Waals surface area contributed by atoms with E-state index in [1.807, 2.05) is 0 Å². The first kappa shape index (κ1) is 14.2. The summed E-state index contributed by atoms with van der Waals surface area (Å²) < 4.78 is 0. The number of hydrogen-bond donors (Lipinski definition) is 3. The van der Waals surface area contributed by atoms with Crippen molar-refractivity contribution < 1.29 is 19.5 Å². The standard InChI is InChI=1S/C9H17N3O4/c1-6(5-7(10)13)11-9(16)12(2)4-3-8(14)15/h6H,3-5H2,1-2H3,(H2,10,13)(H,11,16)(H,14,15). The summed E-state index contributed by atoms with van der Waals surface area (Å²) in [7, 11) is 1.48. The number of amides is 3. The van der Waals surface area contributed by atoms with Gasteiger partial charge in [-0.05, 0) is 6.92 Å². The molecule has 0 rings (SSSR count). The van der Waals surface area contributed by atoms with Crippen LogP contribution in [-0.4, -0.2) is 47.5 Å². The number of carboxylic acid groups (broad SMARTS) is 1. The molecule has 0 aromatic heterocycles. The molecule has 7 heteroatoms. The molecule has 92 valence electrons. The normalized spacial score (nSPS) is 11.6. The van der Waals surface area contributed by atoms with Gasteiger partial charge in [-0.1, -0.05) is 0 Å². The molecule has 0 aromatic rings. The first-order chi connectivity index (χ1) is 7.32. The highest BCUT2D eigenvalue weighted by molar-refractivity contribution is 5.78. The Labute approximate surface area is 93.6 Å². The number of urea groups is 1. The van der Waals surface area contributed by atoms with Crippen molar-refractivity contribution in [3.05, 3.63) is 0 Å². The lowest BCUT2D eigenvalue weighted by Gasteiger charge is -2.20. The number of nitrogens with one attached hydrogen (secondary N) is 1. The first-order valence-electron chi connectivity index (χ1n) is 4.84. The van der Waals surface area contributed by atoms with E-state index in [2.05, 4.69) is 5.32 Å². The molecule has 0 saturated heterocycles. The average Bonchev–Trinajstić information content (AvgIpc) is 2.12. The van der Waals surface area contributed by atoms with Crippen molar-refractivity contribution in [2.75, 3.05) is 13.6 Å². The van der Waals surface area contributed by atoms with Crippen molar-refractivity contribution in [2.45, 2.75) is 25.8 Å². The maximum absolute atomic E-state index is 11.4. The van der Waals surface area contributed by atoms with Crippen LogP contribution in [0.2, 0.25) is 0 Å². The van der Waals surface area contributed by atoms with Crippen LogP contribution in [0.3, 0.4) is 0 Å². The van der Waals surface area contributed by atoms with Crippen molar-refractivity contribution in [3.63, 3.8) is 0 Å². The molecular weight excluding hydrogens is 214 g/mol. The van der Waals surface area contributed by atoms with E-state index in [0.717, 1.165) is 0 Å². The second-order valence-corrected chi connectivity index (χ2v) is 3.59. The second-order valence-electron chi connectivity index (χ2n) is 3.59. The molecule has 0 aliphatic rings. The Morgan fingerprint density at radius 3 is 2.44 bits per heavy atom. The number of rotatable bonds is 6.